The van der Waals surface area contributed by atoms with Crippen LogP contribution in [0, 0.1) is 0 Å². The Morgan fingerprint density at radius 1 is 1.24 bits per heavy atom. The van der Waals surface area contributed by atoms with Crippen molar-refractivity contribution in [3.8, 4) is 5.75 Å². The number of carbonyl (C=O) groups is 2. The third-order valence-corrected chi connectivity index (χ3v) is 4.98. The Labute approximate surface area is 169 Å². The molecule has 1 amide bonds. The maximum absolute atomic E-state index is 12.9. The molecule has 2 aromatic rings. The first-order chi connectivity index (χ1) is 14.1. The third-order valence-electron chi connectivity index (χ3n) is 4.98. The predicted molar refractivity (Wildman–Crippen MR) is 105 cm³/mol. The summed E-state index contributed by atoms with van der Waals surface area (Å²) in [6.07, 6.45) is 0.201. The zero-order chi connectivity index (χ0) is 20.6. The summed E-state index contributed by atoms with van der Waals surface area (Å²) in [5.74, 6) is 0.0436. The lowest BCUT2D eigenvalue weighted by Crippen LogP contribution is -2.34. The van der Waals surface area contributed by atoms with E-state index in [0.29, 0.717) is 26.1 Å². The Morgan fingerprint density at radius 3 is 2.66 bits per heavy atom. The van der Waals surface area contributed by atoms with Crippen molar-refractivity contribution in [2.45, 2.75) is 25.2 Å². The van der Waals surface area contributed by atoms with Crippen LogP contribution in [0.15, 0.2) is 48.5 Å². The third kappa shape index (κ3) is 5.34. The van der Waals surface area contributed by atoms with Crippen molar-refractivity contribution >= 4 is 12.4 Å². The van der Waals surface area contributed by atoms with Crippen LogP contribution in [-0.4, -0.2) is 49.3 Å². The van der Waals surface area contributed by atoms with Crippen molar-refractivity contribution in [1.29, 1.82) is 0 Å². The van der Waals surface area contributed by atoms with Gasteiger partial charge in [-0.25, -0.2) is 0 Å². The van der Waals surface area contributed by atoms with Crippen molar-refractivity contribution in [3.63, 3.8) is 0 Å². The number of rotatable bonds is 9. The average Bonchev–Trinajstić information content (AvgIpc) is 3.28. The van der Waals surface area contributed by atoms with Gasteiger partial charge >= 0.3 is 0 Å². The van der Waals surface area contributed by atoms with Crippen LogP contribution in [0.4, 0.5) is 0 Å². The van der Waals surface area contributed by atoms with E-state index in [1.54, 1.807) is 30.1 Å². The molecule has 1 N–H and O–H groups in total. The molecule has 7 nitrogen and oxygen atoms in total. The number of phenols is 1. The Morgan fingerprint density at radius 2 is 1.97 bits per heavy atom. The smallest absolute Gasteiger partial charge is 0.293 e. The zero-order valence-electron chi connectivity index (χ0n) is 16.3. The highest BCUT2D eigenvalue weighted by Gasteiger charge is 2.25. The van der Waals surface area contributed by atoms with Gasteiger partial charge in [0.15, 0.2) is 6.29 Å². The molecule has 0 saturated carbocycles. The Hall–Kier alpha value is -2.90. The molecule has 1 fully saturated rings. The number of phenolic OH excluding ortho intramolecular Hbond substituents is 1. The van der Waals surface area contributed by atoms with Crippen molar-refractivity contribution in [1.82, 2.24) is 4.90 Å². The number of aryl methyl sites for hydroxylation is 1. The molecule has 0 aliphatic carbocycles. The molecule has 1 saturated heterocycles. The first-order valence-electron chi connectivity index (χ1n) is 9.51. The summed E-state index contributed by atoms with van der Waals surface area (Å²) in [4.78, 5) is 25.1. The summed E-state index contributed by atoms with van der Waals surface area (Å²) in [6.45, 7) is 1.47. The Balaban J connectivity index is 1.70. The minimum Gasteiger partial charge on any atom is -0.508 e. The minimum atomic E-state index is -0.525. The fourth-order valence-corrected chi connectivity index (χ4v) is 3.40. The average molecular weight is 399 g/mol. The monoisotopic (exact) mass is 399 g/mol. The topological polar surface area (TPSA) is 85.3 Å². The molecule has 0 spiro atoms. The van der Waals surface area contributed by atoms with Crippen LogP contribution in [0.25, 0.3) is 0 Å². The maximum atomic E-state index is 12.9. The lowest BCUT2D eigenvalue weighted by Gasteiger charge is -2.28. The van der Waals surface area contributed by atoms with Crippen LogP contribution < -0.4 is 0 Å². The van der Waals surface area contributed by atoms with Gasteiger partial charge in [-0.15, -0.1) is 0 Å². The van der Waals surface area contributed by atoms with Gasteiger partial charge in [0.05, 0.1) is 19.3 Å². The van der Waals surface area contributed by atoms with E-state index < -0.39 is 6.29 Å². The second kappa shape index (κ2) is 10.0. The van der Waals surface area contributed by atoms with Gasteiger partial charge in [-0.3, -0.25) is 9.59 Å². The predicted octanol–water partition coefficient (Wildman–Crippen LogP) is 2.74. The van der Waals surface area contributed by atoms with Crippen molar-refractivity contribution in [2.24, 2.45) is 0 Å². The van der Waals surface area contributed by atoms with Crippen LogP contribution >= 0.6 is 0 Å². The number of hydrogen-bond donors (Lipinski definition) is 1. The first kappa shape index (κ1) is 20.8. The molecule has 0 radical (unpaired) electrons. The molecule has 2 aromatic carbocycles. The van der Waals surface area contributed by atoms with E-state index >= 15 is 0 Å². The van der Waals surface area contributed by atoms with Gasteiger partial charge in [-0.2, -0.15) is 0 Å². The van der Waals surface area contributed by atoms with Gasteiger partial charge in [0.2, 0.25) is 5.91 Å². The fourth-order valence-electron chi connectivity index (χ4n) is 3.40. The SMILES string of the molecule is CN(C(=O)CCc1ccc(O)cc1C1OCCO1)C(COC=O)c1ccccc1. The summed E-state index contributed by atoms with van der Waals surface area (Å²) in [5.41, 5.74) is 2.52. The molecule has 154 valence electrons. The minimum absolute atomic E-state index is 0.0827. The standard InChI is InChI=1S/C22H25NO6/c1-23(20(14-27-15-24)17-5-3-2-4-6-17)21(26)10-8-16-7-9-18(25)13-19(16)22-28-11-12-29-22/h2-7,9,13,15,20,22,25H,8,10-12,14H2,1H3. The summed E-state index contributed by atoms with van der Waals surface area (Å²) < 4.78 is 16.1. The summed E-state index contributed by atoms with van der Waals surface area (Å²) in [7, 11) is 1.70. The Bertz CT molecular complexity index is 819. The molecule has 29 heavy (non-hydrogen) atoms. The normalized spacial score (nSPS) is 15.1. The molecule has 0 bridgehead atoms. The van der Waals surface area contributed by atoms with E-state index in [0.717, 1.165) is 16.7 Å². The molecule has 1 atom stereocenters. The van der Waals surface area contributed by atoms with Crippen molar-refractivity contribution in [2.75, 3.05) is 26.9 Å². The van der Waals surface area contributed by atoms with Gasteiger partial charge < -0.3 is 24.2 Å². The van der Waals surface area contributed by atoms with Crippen LogP contribution in [-0.2, 0) is 30.2 Å². The van der Waals surface area contributed by atoms with Crippen LogP contribution in [0.3, 0.4) is 0 Å². The number of ether oxygens (including phenoxy) is 3. The molecule has 7 heteroatoms. The lowest BCUT2D eigenvalue weighted by atomic mass is 10.0. The largest absolute Gasteiger partial charge is 0.508 e. The van der Waals surface area contributed by atoms with Crippen LogP contribution in [0.5, 0.6) is 5.75 Å². The molecular weight excluding hydrogens is 374 g/mol. The van der Waals surface area contributed by atoms with Gasteiger partial charge in [0, 0.05) is 19.0 Å². The van der Waals surface area contributed by atoms with E-state index in [1.165, 1.54) is 0 Å². The number of amides is 1. The second-order valence-corrected chi connectivity index (χ2v) is 6.82. The first-order valence-corrected chi connectivity index (χ1v) is 9.51. The van der Waals surface area contributed by atoms with Crippen molar-refractivity contribution < 1.29 is 28.9 Å². The number of nitrogens with zero attached hydrogens (tertiary/aromatic N) is 1. The van der Waals surface area contributed by atoms with Crippen LogP contribution in [0.1, 0.15) is 35.4 Å². The quantitative estimate of drug-likeness (QED) is 0.653. The van der Waals surface area contributed by atoms with E-state index in [4.69, 9.17) is 14.2 Å². The zero-order valence-corrected chi connectivity index (χ0v) is 16.3. The number of hydrogen-bond acceptors (Lipinski definition) is 6. The molecule has 1 aliphatic heterocycles. The summed E-state index contributed by atoms with van der Waals surface area (Å²) in [5, 5.41) is 9.82. The molecule has 3 rings (SSSR count). The number of benzene rings is 2. The number of aromatic hydroxyl groups is 1. The molecule has 1 unspecified atom stereocenters. The molecule has 1 heterocycles. The maximum Gasteiger partial charge on any atom is 0.293 e. The van der Waals surface area contributed by atoms with Crippen LogP contribution in [0.2, 0.25) is 0 Å². The molecular formula is C22H25NO6. The van der Waals surface area contributed by atoms with Crippen molar-refractivity contribution in [3.05, 3.63) is 65.2 Å². The second-order valence-electron chi connectivity index (χ2n) is 6.82. The molecule has 0 aromatic heterocycles. The van der Waals surface area contributed by atoms with Gasteiger partial charge in [0.25, 0.3) is 6.47 Å². The van der Waals surface area contributed by atoms with Gasteiger partial charge in [-0.05, 0) is 29.7 Å². The highest BCUT2D eigenvalue weighted by molar-refractivity contribution is 5.76. The van der Waals surface area contributed by atoms with Gasteiger partial charge in [0.1, 0.15) is 12.4 Å². The fraction of sp³-hybridized carbons (Fsp3) is 0.364. The summed E-state index contributed by atoms with van der Waals surface area (Å²) >= 11 is 0. The highest BCUT2D eigenvalue weighted by Crippen LogP contribution is 2.30. The van der Waals surface area contributed by atoms with Gasteiger partial charge in [-0.1, -0.05) is 36.4 Å². The number of likely N-dealkylation sites (N-methyl/N-ethyl adjacent to an activating group) is 1. The highest BCUT2D eigenvalue weighted by atomic mass is 16.7. The summed E-state index contributed by atoms with van der Waals surface area (Å²) in [6, 6.07) is 14.1. The Kier molecular flexibility index (Phi) is 7.21. The van der Waals surface area contributed by atoms with E-state index in [9.17, 15) is 14.7 Å². The lowest BCUT2D eigenvalue weighted by molar-refractivity contribution is -0.138. The molecule has 1 aliphatic rings. The van der Waals surface area contributed by atoms with E-state index in [2.05, 4.69) is 0 Å². The van der Waals surface area contributed by atoms with E-state index in [1.807, 2.05) is 30.3 Å². The number of carbonyl (C=O) groups excluding carboxylic acids is 2. The van der Waals surface area contributed by atoms with E-state index in [-0.39, 0.29) is 30.7 Å².